The Kier molecular flexibility index (Phi) is 10.9. The van der Waals surface area contributed by atoms with E-state index < -0.39 is 11.2 Å². The number of carbonyl (C=O) groups excluding carboxylic acids is 1. The van der Waals surface area contributed by atoms with Crippen LogP contribution in [-0.4, -0.2) is 54.9 Å². The van der Waals surface area contributed by atoms with Gasteiger partial charge in [0.25, 0.3) is 5.91 Å². The van der Waals surface area contributed by atoms with Crippen LogP contribution < -0.4 is 10.1 Å². The lowest BCUT2D eigenvalue weighted by Gasteiger charge is -2.33. The molecule has 234 valence electrons. The molecular weight excluding hydrogens is 632 g/mol. The minimum absolute atomic E-state index is 0.0657. The van der Waals surface area contributed by atoms with Crippen molar-refractivity contribution in [2.45, 2.75) is 36.0 Å². The van der Waals surface area contributed by atoms with E-state index in [1.165, 1.54) is 19.2 Å². The van der Waals surface area contributed by atoms with Crippen LogP contribution in [0.15, 0.2) is 71.6 Å². The molecule has 1 N–H and O–H groups in total. The highest BCUT2D eigenvalue weighted by Crippen LogP contribution is 2.35. The number of halogens is 3. The van der Waals surface area contributed by atoms with Gasteiger partial charge in [-0.15, -0.1) is 0 Å². The quantitative estimate of drug-likeness (QED) is 0.176. The zero-order valence-corrected chi connectivity index (χ0v) is 27.4. The van der Waals surface area contributed by atoms with E-state index in [1.807, 2.05) is 36.4 Å². The first-order chi connectivity index (χ1) is 21.7. The summed E-state index contributed by atoms with van der Waals surface area (Å²) in [5.74, 6) is -0.288. The second kappa shape index (κ2) is 14.8. The maximum atomic E-state index is 13.8. The molecule has 2 atom stereocenters. The Hall–Kier alpha value is -3.32. The fourth-order valence-corrected chi connectivity index (χ4v) is 7.36. The first-order valence-electron chi connectivity index (χ1n) is 14.8. The number of rotatable bonds is 10. The van der Waals surface area contributed by atoms with Crippen molar-refractivity contribution in [2.24, 2.45) is 0 Å². The number of piperidine rings is 1. The summed E-state index contributed by atoms with van der Waals surface area (Å²) in [5, 5.41) is 15.2. The van der Waals surface area contributed by atoms with E-state index in [4.69, 9.17) is 27.9 Å². The van der Waals surface area contributed by atoms with Gasteiger partial charge in [-0.1, -0.05) is 59.6 Å². The topological polar surface area (TPSA) is 88.4 Å². The summed E-state index contributed by atoms with van der Waals surface area (Å²) in [6.45, 7) is 2.83. The number of nitrogens with zero attached hydrogens (tertiary/aromatic N) is 2. The third-order valence-corrected chi connectivity index (χ3v) is 10.3. The molecule has 0 radical (unpaired) electrons. The number of ether oxygens (including phenoxy) is 1. The van der Waals surface area contributed by atoms with E-state index in [0.717, 1.165) is 55.4 Å². The molecule has 4 aromatic rings. The van der Waals surface area contributed by atoms with Crippen molar-refractivity contribution in [1.29, 1.82) is 5.26 Å². The summed E-state index contributed by atoms with van der Waals surface area (Å²) < 4.78 is 31.7. The van der Waals surface area contributed by atoms with Gasteiger partial charge in [0.05, 0.1) is 28.3 Å². The van der Waals surface area contributed by atoms with Gasteiger partial charge in [-0.05, 0) is 96.6 Å². The van der Waals surface area contributed by atoms with Crippen molar-refractivity contribution < 1.29 is 18.5 Å². The molecule has 0 aromatic heterocycles. The Bertz CT molecular complexity index is 1740. The minimum atomic E-state index is -1.26. The SMILES string of the molecule is COc1c(C#N)cc2ccccc2c1C(=O)NC[C@@H](CCN1CCC(c2ccc(F)cc2[S+](C)[O-])CC1)c1ccc(Cl)c(Cl)c1. The Morgan fingerprint density at radius 2 is 1.89 bits per heavy atom. The van der Waals surface area contributed by atoms with Crippen molar-refractivity contribution in [1.82, 2.24) is 10.2 Å². The average Bonchev–Trinajstić information content (AvgIpc) is 3.05. The second-order valence-electron chi connectivity index (χ2n) is 11.3. The Balaban J connectivity index is 1.31. The van der Waals surface area contributed by atoms with Crippen LogP contribution in [0.5, 0.6) is 5.75 Å². The van der Waals surface area contributed by atoms with Gasteiger partial charge in [-0.3, -0.25) is 4.79 Å². The van der Waals surface area contributed by atoms with Crippen LogP contribution >= 0.6 is 23.2 Å². The molecule has 4 aromatic carbocycles. The van der Waals surface area contributed by atoms with Crippen molar-refractivity contribution in [3.8, 4) is 11.8 Å². The number of amides is 1. The van der Waals surface area contributed by atoms with Gasteiger partial charge in [0.1, 0.15) is 23.9 Å². The molecular formula is C35H34Cl2FN3O3S. The zero-order chi connectivity index (χ0) is 32.1. The van der Waals surface area contributed by atoms with Crippen LogP contribution in [-0.2, 0) is 11.2 Å². The number of fused-ring (bicyclic) bond motifs is 1. The number of benzene rings is 4. The maximum absolute atomic E-state index is 13.8. The monoisotopic (exact) mass is 665 g/mol. The van der Waals surface area contributed by atoms with Crippen molar-refractivity contribution in [3.63, 3.8) is 0 Å². The van der Waals surface area contributed by atoms with Gasteiger partial charge in [0.15, 0.2) is 4.90 Å². The molecule has 0 saturated carbocycles. The number of nitrogens with one attached hydrogen (secondary N) is 1. The van der Waals surface area contributed by atoms with Crippen molar-refractivity contribution in [2.75, 3.05) is 39.5 Å². The molecule has 0 bridgehead atoms. The highest BCUT2D eigenvalue weighted by molar-refractivity contribution is 7.90. The highest BCUT2D eigenvalue weighted by atomic mass is 35.5. The summed E-state index contributed by atoms with van der Waals surface area (Å²) in [6.07, 6.45) is 4.10. The standard InChI is InChI=1S/C35H34Cl2FN3O3S/c1-44-34-26(20-39)17-24-5-3-4-6-29(24)33(34)35(42)40-21-25(23-7-10-30(36)31(37)18-23)13-16-41-14-11-22(12-15-41)28-9-8-27(38)19-32(28)45(2)43/h3-10,17-19,22,25H,11-16,21H2,1-2H3,(H,40,42)/t25-,45?/m1/s1. The third-order valence-electron chi connectivity index (χ3n) is 8.58. The number of likely N-dealkylation sites (tertiary alicyclic amines) is 1. The van der Waals surface area contributed by atoms with Gasteiger partial charge in [-0.25, -0.2) is 4.39 Å². The third kappa shape index (κ3) is 7.57. The molecule has 0 aliphatic carbocycles. The number of hydrogen-bond acceptors (Lipinski definition) is 5. The first-order valence-corrected chi connectivity index (χ1v) is 17.1. The van der Waals surface area contributed by atoms with E-state index >= 15 is 0 Å². The highest BCUT2D eigenvalue weighted by Gasteiger charge is 2.27. The predicted molar refractivity (Wildman–Crippen MR) is 179 cm³/mol. The summed E-state index contributed by atoms with van der Waals surface area (Å²) in [5.41, 5.74) is 2.55. The fraction of sp³-hybridized carbons (Fsp3) is 0.314. The van der Waals surface area contributed by atoms with Crippen LogP contribution in [0.25, 0.3) is 10.8 Å². The molecule has 1 unspecified atom stereocenters. The van der Waals surface area contributed by atoms with Gasteiger partial charge in [-0.2, -0.15) is 5.26 Å². The molecule has 1 saturated heterocycles. The summed E-state index contributed by atoms with van der Waals surface area (Å²) in [7, 11) is 1.46. The van der Waals surface area contributed by atoms with Crippen LogP contribution in [0.4, 0.5) is 4.39 Å². The lowest BCUT2D eigenvalue weighted by atomic mass is 9.88. The fourth-order valence-electron chi connectivity index (χ4n) is 6.21. The molecule has 5 rings (SSSR count). The van der Waals surface area contributed by atoms with E-state index in [1.54, 1.807) is 24.5 Å². The van der Waals surface area contributed by atoms with Crippen LogP contribution in [0.3, 0.4) is 0 Å². The smallest absolute Gasteiger partial charge is 0.255 e. The molecule has 10 heteroatoms. The minimum Gasteiger partial charge on any atom is -0.612 e. The number of hydrogen-bond donors (Lipinski definition) is 1. The molecule has 1 fully saturated rings. The number of nitriles is 1. The molecule has 6 nitrogen and oxygen atoms in total. The number of carbonyl (C=O) groups is 1. The van der Waals surface area contributed by atoms with E-state index in [9.17, 15) is 19.0 Å². The average molecular weight is 667 g/mol. The predicted octanol–water partition coefficient (Wildman–Crippen LogP) is 7.69. The van der Waals surface area contributed by atoms with E-state index in [2.05, 4.69) is 16.3 Å². The second-order valence-corrected chi connectivity index (χ2v) is 13.4. The summed E-state index contributed by atoms with van der Waals surface area (Å²) in [6, 6.07) is 21.5. The van der Waals surface area contributed by atoms with E-state index in [0.29, 0.717) is 38.0 Å². The molecule has 45 heavy (non-hydrogen) atoms. The molecule has 1 aliphatic rings. The van der Waals surface area contributed by atoms with E-state index in [-0.39, 0.29) is 29.3 Å². The van der Waals surface area contributed by atoms with Crippen LogP contribution in [0, 0.1) is 17.1 Å². The van der Waals surface area contributed by atoms with Gasteiger partial charge < -0.3 is 19.5 Å². The molecule has 0 spiro atoms. The Morgan fingerprint density at radius 3 is 2.58 bits per heavy atom. The lowest BCUT2D eigenvalue weighted by molar-refractivity contribution is 0.0948. The number of methoxy groups -OCH3 is 1. The Labute approximate surface area is 276 Å². The van der Waals surface area contributed by atoms with Gasteiger partial charge in [0.2, 0.25) is 0 Å². The summed E-state index contributed by atoms with van der Waals surface area (Å²) >= 11 is 11.4. The molecule has 1 aliphatic heterocycles. The summed E-state index contributed by atoms with van der Waals surface area (Å²) in [4.78, 5) is 16.7. The maximum Gasteiger partial charge on any atom is 0.255 e. The first kappa shape index (κ1) is 33.1. The zero-order valence-electron chi connectivity index (χ0n) is 25.1. The lowest BCUT2D eigenvalue weighted by Crippen LogP contribution is -2.36. The normalized spacial score (nSPS) is 15.4. The van der Waals surface area contributed by atoms with Crippen molar-refractivity contribution in [3.05, 3.63) is 105 Å². The molecule has 1 heterocycles. The van der Waals surface area contributed by atoms with Gasteiger partial charge in [0, 0.05) is 24.1 Å². The largest absolute Gasteiger partial charge is 0.612 e. The van der Waals surface area contributed by atoms with Crippen LogP contribution in [0.2, 0.25) is 10.0 Å². The van der Waals surface area contributed by atoms with Crippen molar-refractivity contribution >= 4 is 51.1 Å². The Morgan fingerprint density at radius 1 is 1.13 bits per heavy atom. The van der Waals surface area contributed by atoms with Gasteiger partial charge >= 0.3 is 0 Å². The molecule has 1 amide bonds. The van der Waals surface area contributed by atoms with Crippen LogP contribution in [0.1, 0.15) is 58.1 Å².